The van der Waals surface area contributed by atoms with E-state index in [4.69, 9.17) is 16.6 Å². The molecule has 1 atom stereocenters. The molecular formula is C16H16ClIN2S. The van der Waals surface area contributed by atoms with Gasteiger partial charge >= 0.3 is 0 Å². The third-order valence-electron chi connectivity index (χ3n) is 3.61. The van der Waals surface area contributed by atoms with Gasteiger partial charge in [-0.15, -0.1) is 22.9 Å². The summed E-state index contributed by atoms with van der Waals surface area (Å²) in [6.45, 7) is 2.23. The summed E-state index contributed by atoms with van der Waals surface area (Å²) in [7, 11) is 0. The second kappa shape index (κ2) is 6.67. The van der Waals surface area contributed by atoms with Gasteiger partial charge in [-0.1, -0.05) is 13.0 Å². The highest BCUT2D eigenvalue weighted by atomic mass is 127. The lowest BCUT2D eigenvalue weighted by Gasteiger charge is -2.19. The number of rotatable bonds is 5. The lowest BCUT2D eigenvalue weighted by atomic mass is 10.1. The number of benzene rings is 1. The molecule has 0 bridgehead atoms. The number of hydrogen-bond donors (Lipinski definition) is 0. The Morgan fingerprint density at radius 2 is 2.24 bits per heavy atom. The second-order valence-electron chi connectivity index (χ2n) is 4.91. The van der Waals surface area contributed by atoms with Crippen LogP contribution in [0.25, 0.3) is 11.0 Å². The fraction of sp³-hybridized carbons (Fsp3) is 0.312. The molecule has 1 aromatic carbocycles. The lowest BCUT2D eigenvalue weighted by Crippen LogP contribution is -2.12. The van der Waals surface area contributed by atoms with Crippen LogP contribution in [0, 0.1) is 3.57 Å². The Balaban J connectivity index is 2.20. The SMILES string of the molecule is CCC(c1cccs1)n1c(CCCl)nc2cc(I)ccc21. The number of alkyl halides is 1. The highest BCUT2D eigenvalue weighted by Gasteiger charge is 2.20. The van der Waals surface area contributed by atoms with Crippen molar-refractivity contribution in [3.05, 3.63) is 50.0 Å². The maximum absolute atomic E-state index is 5.99. The van der Waals surface area contributed by atoms with Crippen LogP contribution in [0.15, 0.2) is 35.7 Å². The summed E-state index contributed by atoms with van der Waals surface area (Å²) in [5, 5.41) is 2.14. The summed E-state index contributed by atoms with van der Waals surface area (Å²) in [5.41, 5.74) is 2.27. The molecule has 0 spiro atoms. The fourth-order valence-electron chi connectivity index (χ4n) is 2.72. The van der Waals surface area contributed by atoms with Crippen molar-refractivity contribution in [2.45, 2.75) is 25.8 Å². The lowest BCUT2D eigenvalue weighted by molar-refractivity contribution is 0.567. The molecule has 21 heavy (non-hydrogen) atoms. The average Bonchev–Trinajstić information content (AvgIpc) is 3.09. The predicted octanol–water partition coefficient (Wildman–Crippen LogP) is 5.48. The van der Waals surface area contributed by atoms with Crippen LogP contribution in [0.4, 0.5) is 0 Å². The van der Waals surface area contributed by atoms with Crippen LogP contribution >= 0.6 is 45.5 Å². The van der Waals surface area contributed by atoms with Gasteiger partial charge in [-0.25, -0.2) is 4.98 Å². The zero-order chi connectivity index (χ0) is 14.8. The molecule has 0 radical (unpaired) electrons. The molecule has 2 nitrogen and oxygen atoms in total. The predicted molar refractivity (Wildman–Crippen MR) is 99.6 cm³/mol. The van der Waals surface area contributed by atoms with E-state index in [2.05, 4.69) is 69.8 Å². The van der Waals surface area contributed by atoms with E-state index >= 15 is 0 Å². The van der Waals surface area contributed by atoms with Gasteiger partial charge in [0.15, 0.2) is 0 Å². The molecule has 0 N–H and O–H groups in total. The Morgan fingerprint density at radius 3 is 2.90 bits per heavy atom. The highest BCUT2D eigenvalue weighted by Crippen LogP contribution is 2.32. The van der Waals surface area contributed by atoms with E-state index in [0.29, 0.717) is 11.9 Å². The van der Waals surface area contributed by atoms with Crippen molar-refractivity contribution in [3.8, 4) is 0 Å². The maximum Gasteiger partial charge on any atom is 0.111 e. The van der Waals surface area contributed by atoms with Crippen LogP contribution in [0.3, 0.4) is 0 Å². The smallest absolute Gasteiger partial charge is 0.111 e. The Bertz CT molecular complexity index is 736. The molecule has 2 aromatic heterocycles. The molecule has 0 saturated carbocycles. The van der Waals surface area contributed by atoms with Gasteiger partial charge in [-0.2, -0.15) is 0 Å². The maximum atomic E-state index is 5.99. The van der Waals surface area contributed by atoms with Crippen LogP contribution in [0.5, 0.6) is 0 Å². The summed E-state index contributed by atoms with van der Waals surface area (Å²) in [6, 6.07) is 11.1. The summed E-state index contributed by atoms with van der Waals surface area (Å²) < 4.78 is 3.59. The van der Waals surface area contributed by atoms with Gasteiger partial charge in [0.1, 0.15) is 5.82 Å². The molecule has 0 aliphatic heterocycles. The highest BCUT2D eigenvalue weighted by molar-refractivity contribution is 14.1. The van der Waals surface area contributed by atoms with E-state index in [9.17, 15) is 0 Å². The number of halogens is 2. The molecule has 0 aliphatic carbocycles. The first-order valence-electron chi connectivity index (χ1n) is 7.00. The molecule has 0 aliphatic rings. The number of aromatic nitrogens is 2. The average molecular weight is 431 g/mol. The molecule has 0 saturated heterocycles. The first kappa shape index (κ1) is 15.3. The molecule has 0 amide bonds. The van der Waals surface area contributed by atoms with Crippen LogP contribution in [-0.2, 0) is 6.42 Å². The summed E-state index contributed by atoms with van der Waals surface area (Å²) in [5.74, 6) is 1.68. The summed E-state index contributed by atoms with van der Waals surface area (Å²) in [4.78, 5) is 6.20. The van der Waals surface area contributed by atoms with Crippen molar-refractivity contribution in [1.29, 1.82) is 0 Å². The first-order chi connectivity index (χ1) is 10.2. The third kappa shape index (κ3) is 2.98. The minimum atomic E-state index is 0.341. The Kier molecular flexibility index (Phi) is 4.86. The van der Waals surface area contributed by atoms with Crippen molar-refractivity contribution in [3.63, 3.8) is 0 Å². The van der Waals surface area contributed by atoms with Gasteiger partial charge in [-0.05, 0) is 58.7 Å². The molecule has 0 fully saturated rings. The van der Waals surface area contributed by atoms with E-state index in [-0.39, 0.29) is 0 Å². The summed E-state index contributed by atoms with van der Waals surface area (Å²) >= 11 is 10.1. The van der Waals surface area contributed by atoms with Crippen molar-refractivity contribution in [2.24, 2.45) is 0 Å². The Hall–Kier alpha value is -0.590. The van der Waals surface area contributed by atoms with Gasteiger partial charge in [0.25, 0.3) is 0 Å². The van der Waals surface area contributed by atoms with E-state index < -0.39 is 0 Å². The van der Waals surface area contributed by atoms with Crippen LogP contribution in [0.2, 0.25) is 0 Å². The molecule has 3 aromatic rings. The molecule has 2 heterocycles. The van der Waals surface area contributed by atoms with Crippen LogP contribution < -0.4 is 0 Å². The Labute approximate surface area is 147 Å². The number of nitrogens with zero attached hydrogens (tertiary/aromatic N) is 2. The normalized spacial score (nSPS) is 12.9. The number of imidazole rings is 1. The monoisotopic (exact) mass is 430 g/mol. The number of thiophene rings is 1. The molecule has 1 unspecified atom stereocenters. The van der Waals surface area contributed by atoms with Gasteiger partial charge in [0.2, 0.25) is 0 Å². The van der Waals surface area contributed by atoms with Crippen LogP contribution in [-0.4, -0.2) is 15.4 Å². The van der Waals surface area contributed by atoms with Gasteiger partial charge in [-0.3, -0.25) is 0 Å². The molecule has 5 heteroatoms. The second-order valence-corrected chi connectivity index (χ2v) is 7.51. The van der Waals surface area contributed by atoms with E-state index in [1.54, 1.807) is 0 Å². The van der Waals surface area contributed by atoms with E-state index in [1.807, 2.05) is 11.3 Å². The minimum Gasteiger partial charge on any atom is -0.319 e. The van der Waals surface area contributed by atoms with Gasteiger partial charge in [0, 0.05) is 20.7 Å². The summed E-state index contributed by atoms with van der Waals surface area (Å²) in [6.07, 6.45) is 1.85. The van der Waals surface area contributed by atoms with Crippen molar-refractivity contribution in [2.75, 3.05) is 5.88 Å². The topological polar surface area (TPSA) is 17.8 Å². The quantitative estimate of drug-likeness (QED) is 0.387. The number of hydrogen-bond acceptors (Lipinski definition) is 2. The largest absolute Gasteiger partial charge is 0.319 e. The van der Waals surface area contributed by atoms with Gasteiger partial charge in [0.05, 0.1) is 17.1 Å². The van der Waals surface area contributed by atoms with Gasteiger partial charge < -0.3 is 4.57 Å². The molecule has 110 valence electrons. The first-order valence-corrected chi connectivity index (χ1v) is 9.49. The number of fused-ring (bicyclic) bond motifs is 1. The molecular weight excluding hydrogens is 415 g/mol. The zero-order valence-corrected chi connectivity index (χ0v) is 15.5. The van der Waals surface area contributed by atoms with Crippen molar-refractivity contribution in [1.82, 2.24) is 9.55 Å². The standard InChI is InChI=1S/C16H16ClIN2S/c1-2-13(15-4-3-9-21-15)20-14-6-5-11(18)10-12(14)19-16(20)7-8-17/h3-6,9-10,13H,2,7-8H2,1H3. The van der Waals surface area contributed by atoms with Crippen molar-refractivity contribution < 1.29 is 0 Å². The van der Waals surface area contributed by atoms with E-state index in [1.165, 1.54) is 14.0 Å². The Morgan fingerprint density at radius 1 is 1.38 bits per heavy atom. The van der Waals surface area contributed by atoms with E-state index in [0.717, 1.165) is 24.2 Å². The minimum absolute atomic E-state index is 0.341. The van der Waals surface area contributed by atoms with Crippen molar-refractivity contribution >= 4 is 56.6 Å². The zero-order valence-electron chi connectivity index (χ0n) is 11.7. The number of aryl methyl sites for hydroxylation is 1. The third-order valence-corrected chi connectivity index (χ3v) is 5.45. The molecule has 3 rings (SSSR count). The fourth-order valence-corrected chi connectivity index (χ4v) is 4.27. The van der Waals surface area contributed by atoms with Crippen LogP contribution in [0.1, 0.15) is 30.1 Å².